The first kappa shape index (κ1) is 15.2. The second-order valence-corrected chi connectivity index (χ2v) is 4.00. The first-order valence-corrected chi connectivity index (χ1v) is 5.73. The molecule has 0 saturated carbocycles. The summed E-state index contributed by atoms with van der Waals surface area (Å²) < 4.78 is 31.1. The molecule has 0 aliphatic carbocycles. The third-order valence-corrected chi connectivity index (χ3v) is 2.47. The van der Waals surface area contributed by atoms with Crippen molar-refractivity contribution >= 4 is 17.3 Å². The number of hydrogen-bond acceptors (Lipinski definition) is 4. The fourth-order valence-corrected chi connectivity index (χ4v) is 1.43. The Labute approximate surface area is 110 Å². The summed E-state index contributed by atoms with van der Waals surface area (Å²) in [6, 6.07) is 1.04. The SMILES string of the molecule is COCCNC(=O)C(C)Nc1cc(F)cc(F)c1N. The van der Waals surface area contributed by atoms with E-state index in [-0.39, 0.29) is 17.3 Å². The van der Waals surface area contributed by atoms with Crippen LogP contribution in [0.1, 0.15) is 6.92 Å². The van der Waals surface area contributed by atoms with Crippen LogP contribution in [0.15, 0.2) is 12.1 Å². The van der Waals surface area contributed by atoms with E-state index in [0.29, 0.717) is 19.2 Å². The number of nitrogens with one attached hydrogen (secondary N) is 2. The van der Waals surface area contributed by atoms with Gasteiger partial charge in [-0.1, -0.05) is 0 Å². The molecule has 0 aliphatic rings. The van der Waals surface area contributed by atoms with Crippen molar-refractivity contribution in [3.8, 4) is 0 Å². The second kappa shape index (κ2) is 6.89. The van der Waals surface area contributed by atoms with Gasteiger partial charge in [-0.25, -0.2) is 8.78 Å². The molecule has 1 aromatic carbocycles. The largest absolute Gasteiger partial charge is 0.395 e. The third kappa shape index (κ3) is 4.36. The van der Waals surface area contributed by atoms with Crippen LogP contribution in [0.4, 0.5) is 20.2 Å². The van der Waals surface area contributed by atoms with Crippen LogP contribution in [0.25, 0.3) is 0 Å². The molecule has 5 nitrogen and oxygen atoms in total. The van der Waals surface area contributed by atoms with Crippen molar-refractivity contribution in [1.82, 2.24) is 5.32 Å². The highest BCUT2D eigenvalue weighted by molar-refractivity contribution is 5.85. The highest BCUT2D eigenvalue weighted by atomic mass is 19.1. The molecule has 0 spiro atoms. The monoisotopic (exact) mass is 273 g/mol. The predicted molar refractivity (Wildman–Crippen MR) is 68.7 cm³/mol. The number of halogens is 2. The summed E-state index contributed by atoms with van der Waals surface area (Å²) >= 11 is 0. The van der Waals surface area contributed by atoms with Crippen LogP contribution in [0.2, 0.25) is 0 Å². The average Bonchev–Trinajstić information content (AvgIpc) is 2.35. The molecule has 0 heterocycles. The molecule has 0 bridgehead atoms. The lowest BCUT2D eigenvalue weighted by Crippen LogP contribution is -2.39. The summed E-state index contributed by atoms with van der Waals surface area (Å²) in [5.74, 6) is -1.95. The molecule has 19 heavy (non-hydrogen) atoms. The van der Waals surface area contributed by atoms with Crippen LogP contribution in [0, 0.1) is 11.6 Å². The molecule has 1 aromatic rings. The van der Waals surface area contributed by atoms with Crippen molar-refractivity contribution in [1.29, 1.82) is 0 Å². The fraction of sp³-hybridized carbons (Fsp3) is 0.417. The molecular formula is C12H17F2N3O2. The van der Waals surface area contributed by atoms with Gasteiger partial charge in [0.15, 0.2) is 5.82 Å². The van der Waals surface area contributed by atoms with Gasteiger partial charge in [0.05, 0.1) is 18.0 Å². The minimum Gasteiger partial charge on any atom is -0.395 e. The molecule has 0 fully saturated rings. The Hall–Kier alpha value is -1.89. The molecule has 1 rings (SSSR count). The van der Waals surface area contributed by atoms with Gasteiger partial charge in [0.2, 0.25) is 5.91 Å². The first-order valence-electron chi connectivity index (χ1n) is 5.73. The average molecular weight is 273 g/mol. The smallest absolute Gasteiger partial charge is 0.242 e. The van der Waals surface area contributed by atoms with Crippen LogP contribution < -0.4 is 16.4 Å². The number of methoxy groups -OCH3 is 1. The zero-order chi connectivity index (χ0) is 14.4. The zero-order valence-corrected chi connectivity index (χ0v) is 10.8. The molecular weight excluding hydrogens is 256 g/mol. The Balaban J connectivity index is 2.66. The van der Waals surface area contributed by atoms with E-state index in [2.05, 4.69) is 10.6 Å². The quantitative estimate of drug-likeness (QED) is 0.536. The van der Waals surface area contributed by atoms with Crippen molar-refractivity contribution in [2.75, 3.05) is 31.3 Å². The lowest BCUT2D eigenvalue weighted by molar-refractivity contribution is -0.121. The normalized spacial score (nSPS) is 12.0. The van der Waals surface area contributed by atoms with Gasteiger partial charge >= 0.3 is 0 Å². The van der Waals surface area contributed by atoms with Crippen LogP contribution in [-0.2, 0) is 9.53 Å². The van der Waals surface area contributed by atoms with E-state index >= 15 is 0 Å². The number of anilines is 2. The number of benzene rings is 1. The number of hydrogen-bond donors (Lipinski definition) is 3. The number of carbonyl (C=O) groups is 1. The van der Waals surface area contributed by atoms with Gasteiger partial charge in [-0.05, 0) is 13.0 Å². The fourth-order valence-electron chi connectivity index (χ4n) is 1.43. The molecule has 0 aliphatic heterocycles. The maximum absolute atomic E-state index is 13.2. The zero-order valence-electron chi connectivity index (χ0n) is 10.8. The van der Waals surface area contributed by atoms with Gasteiger partial charge in [-0.15, -0.1) is 0 Å². The van der Waals surface area contributed by atoms with E-state index in [9.17, 15) is 13.6 Å². The number of amides is 1. The minimum atomic E-state index is -0.866. The Morgan fingerprint density at radius 3 is 2.79 bits per heavy atom. The van der Waals surface area contributed by atoms with Gasteiger partial charge in [0, 0.05) is 19.7 Å². The minimum absolute atomic E-state index is 0.0480. The van der Waals surface area contributed by atoms with Crippen molar-refractivity contribution in [2.24, 2.45) is 0 Å². The number of rotatable bonds is 6. The lowest BCUT2D eigenvalue weighted by atomic mass is 10.2. The van der Waals surface area contributed by atoms with Gasteiger partial charge < -0.3 is 21.1 Å². The molecule has 1 amide bonds. The van der Waals surface area contributed by atoms with E-state index in [0.717, 1.165) is 6.07 Å². The Morgan fingerprint density at radius 1 is 1.47 bits per heavy atom. The molecule has 7 heteroatoms. The topological polar surface area (TPSA) is 76.4 Å². The predicted octanol–water partition coefficient (Wildman–Crippen LogP) is 1.11. The molecule has 4 N–H and O–H groups in total. The number of nitrogens with two attached hydrogens (primary N) is 1. The maximum Gasteiger partial charge on any atom is 0.242 e. The molecule has 0 radical (unpaired) electrons. The standard InChI is InChI=1S/C12H17F2N3O2/c1-7(12(18)16-3-4-19-2)17-10-6-8(13)5-9(14)11(10)15/h5-7,17H,3-4,15H2,1-2H3,(H,16,18). The summed E-state index contributed by atoms with van der Waals surface area (Å²) in [5.41, 5.74) is 5.29. The van der Waals surface area contributed by atoms with E-state index in [1.54, 1.807) is 6.92 Å². The molecule has 0 saturated heterocycles. The summed E-state index contributed by atoms with van der Waals surface area (Å²) in [4.78, 5) is 11.6. The first-order chi connectivity index (χ1) is 8.95. The van der Waals surface area contributed by atoms with Crippen LogP contribution >= 0.6 is 0 Å². The van der Waals surface area contributed by atoms with Gasteiger partial charge in [0.25, 0.3) is 0 Å². The summed E-state index contributed by atoms with van der Waals surface area (Å²) in [6.45, 7) is 2.30. The van der Waals surface area contributed by atoms with Gasteiger partial charge in [-0.2, -0.15) is 0 Å². The van der Waals surface area contributed by atoms with E-state index in [1.807, 2.05) is 0 Å². The Morgan fingerprint density at radius 2 is 2.16 bits per heavy atom. The third-order valence-electron chi connectivity index (χ3n) is 2.47. The van der Waals surface area contributed by atoms with Crippen molar-refractivity contribution in [2.45, 2.75) is 13.0 Å². The Kier molecular flexibility index (Phi) is 5.50. The lowest BCUT2D eigenvalue weighted by Gasteiger charge is -2.17. The van der Waals surface area contributed by atoms with E-state index in [1.165, 1.54) is 7.11 Å². The second-order valence-electron chi connectivity index (χ2n) is 4.00. The van der Waals surface area contributed by atoms with Crippen LogP contribution in [0.5, 0.6) is 0 Å². The van der Waals surface area contributed by atoms with Gasteiger partial charge in [-0.3, -0.25) is 4.79 Å². The van der Waals surface area contributed by atoms with Crippen LogP contribution in [-0.4, -0.2) is 32.2 Å². The molecule has 1 unspecified atom stereocenters. The highest BCUT2D eigenvalue weighted by Gasteiger charge is 2.15. The number of carbonyl (C=O) groups excluding carboxylic acids is 1. The van der Waals surface area contributed by atoms with Gasteiger partial charge in [0.1, 0.15) is 11.9 Å². The molecule has 0 aromatic heterocycles. The van der Waals surface area contributed by atoms with E-state index in [4.69, 9.17) is 10.5 Å². The van der Waals surface area contributed by atoms with Crippen LogP contribution in [0.3, 0.4) is 0 Å². The summed E-state index contributed by atoms with van der Waals surface area (Å²) in [5, 5.41) is 5.26. The number of ether oxygens (including phenoxy) is 1. The van der Waals surface area contributed by atoms with Crippen molar-refractivity contribution < 1.29 is 18.3 Å². The summed E-state index contributed by atoms with van der Waals surface area (Å²) in [6.07, 6.45) is 0. The van der Waals surface area contributed by atoms with Crippen molar-refractivity contribution in [3.05, 3.63) is 23.8 Å². The maximum atomic E-state index is 13.2. The van der Waals surface area contributed by atoms with E-state index < -0.39 is 17.7 Å². The Bertz CT molecular complexity index is 455. The van der Waals surface area contributed by atoms with Crippen molar-refractivity contribution in [3.63, 3.8) is 0 Å². The molecule has 1 atom stereocenters. The molecule has 106 valence electrons. The highest BCUT2D eigenvalue weighted by Crippen LogP contribution is 2.23. The summed E-state index contributed by atoms with van der Waals surface area (Å²) in [7, 11) is 1.52. The number of nitrogen functional groups attached to an aromatic ring is 1.